The van der Waals surface area contributed by atoms with Crippen molar-refractivity contribution in [3.8, 4) is 5.75 Å². The number of hydrogen-bond acceptors (Lipinski definition) is 3. The first-order valence-electron chi connectivity index (χ1n) is 7.01. The van der Waals surface area contributed by atoms with Gasteiger partial charge in [0, 0.05) is 11.1 Å². The molecule has 0 aliphatic rings. The van der Waals surface area contributed by atoms with Crippen LogP contribution < -0.4 is 5.32 Å². The van der Waals surface area contributed by atoms with Gasteiger partial charge in [-0.05, 0) is 43.2 Å². The second kappa shape index (κ2) is 7.40. The maximum Gasteiger partial charge on any atom is 0.235 e. The topological polar surface area (TPSA) is 66.4 Å². The molecule has 2 rings (SSSR count). The van der Waals surface area contributed by atoms with E-state index in [1.54, 1.807) is 0 Å². The zero-order valence-electron chi connectivity index (χ0n) is 12.6. The molecule has 0 heterocycles. The van der Waals surface area contributed by atoms with Gasteiger partial charge in [0.25, 0.3) is 0 Å². The van der Waals surface area contributed by atoms with E-state index in [0.29, 0.717) is 5.56 Å². The number of rotatable bonds is 5. The Labute approximate surface area is 142 Å². The number of aromatic hydroxyl groups is 1. The van der Waals surface area contributed by atoms with Crippen LogP contribution in [-0.4, -0.2) is 16.8 Å². The van der Waals surface area contributed by atoms with Gasteiger partial charge in [-0.2, -0.15) is 0 Å². The summed E-state index contributed by atoms with van der Waals surface area (Å²) in [6.07, 6.45) is -0.0548. The summed E-state index contributed by atoms with van der Waals surface area (Å²) in [5, 5.41) is 11.7. The fraction of sp³-hybridized carbons (Fsp3) is 0.176. The highest BCUT2D eigenvalue weighted by atomic mass is 35.5. The van der Waals surface area contributed by atoms with Crippen molar-refractivity contribution in [1.29, 1.82) is 0 Å². The molecule has 0 aromatic heterocycles. The molecule has 4 nitrogen and oxygen atoms in total. The molecule has 0 saturated carbocycles. The molecule has 0 spiro atoms. The standard InChI is InChI=1S/C17H14ClF2NO3/c1-9(22)13(6-10-2-3-11(19)7-14(10)18)17(24)21-16-8-12(23)4-5-15(16)20/h2-5,7-8,13,23H,6H2,1H3,(H,21,24). The maximum absolute atomic E-state index is 13.7. The molecule has 1 unspecified atom stereocenters. The van der Waals surface area contributed by atoms with E-state index in [-0.39, 0.29) is 22.9 Å². The van der Waals surface area contributed by atoms with Gasteiger partial charge < -0.3 is 10.4 Å². The van der Waals surface area contributed by atoms with E-state index in [9.17, 15) is 23.5 Å². The molecule has 24 heavy (non-hydrogen) atoms. The Morgan fingerprint density at radius 1 is 1.21 bits per heavy atom. The minimum Gasteiger partial charge on any atom is -0.508 e. The molecule has 7 heteroatoms. The number of anilines is 1. The van der Waals surface area contributed by atoms with Gasteiger partial charge in [0.15, 0.2) is 0 Å². The third kappa shape index (κ3) is 4.29. The number of phenolic OH excluding ortho intramolecular Hbond substituents is 1. The van der Waals surface area contributed by atoms with Crippen LogP contribution in [0.15, 0.2) is 36.4 Å². The third-order valence-electron chi connectivity index (χ3n) is 3.45. The highest BCUT2D eigenvalue weighted by Gasteiger charge is 2.25. The van der Waals surface area contributed by atoms with Crippen LogP contribution in [0.5, 0.6) is 5.75 Å². The predicted molar refractivity (Wildman–Crippen MR) is 86.0 cm³/mol. The number of nitrogens with one attached hydrogen (secondary N) is 1. The zero-order chi connectivity index (χ0) is 17.9. The van der Waals surface area contributed by atoms with E-state index in [1.165, 1.54) is 19.1 Å². The normalized spacial score (nSPS) is 11.8. The second-order valence-corrected chi connectivity index (χ2v) is 5.66. The molecule has 1 atom stereocenters. The van der Waals surface area contributed by atoms with Crippen LogP contribution in [0.1, 0.15) is 12.5 Å². The molecule has 126 valence electrons. The summed E-state index contributed by atoms with van der Waals surface area (Å²) in [5.74, 6) is -3.83. The summed E-state index contributed by atoms with van der Waals surface area (Å²) in [6.45, 7) is 1.22. The van der Waals surface area contributed by atoms with Crippen LogP contribution in [0.3, 0.4) is 0 Å². The van der Waals surface area contributed by atoms with Crippen molar-refractivity contribution in [1.82, 2.24) is 0 Å². The largest absolute Gasteiger partial charge is 0.508 e. The van der Waals surface area contributed by atoms with Gasteiger partial charge in [0.05, 0.1) is 5.69 Å². The van der Waals surface area contributed by atoms with Crippen molar-refractivity contribution in [2.75, 3.05) is 5.32 Å². The molecule has 0 saturated heterocycles. The number of carbonyl (C=O) groups excluding carboxylic acids is 2. The van der Waals surface area contributed by atoms with Gasteiger partial charge >= 0.3 is 0 Å². The molecule has 0 bridgehead atoms. The first kappa shape index (κ1) is 17.9. The van der Waals surface area contributed by atoms with Crippen LogP contribution in [0.2, 0.25) is 5.02 Å². The van der Waals surface area contributed by atoms with E-state index in [2.05, 4.69) is 5.32 Å². The van der Waals surface area contributed by atoms with Crippen LogP contribution in [0, 0.1) is 17.6 Å². The number of benzene rings is 2. The molecule has 1 amide bonds. The lowest BCUT2D eigenvalue weighted by molar-refractivity contribution is -0.129. The molecule has 2 aromatic carbocycles. The van der Waals surface area contributed by atoms with Crippen molar-refractivity contribution in [3.05, 3.63) is 58.6 Å². The average molecular weight is 354 g/mol. The summed E-state index contributed by atoms with van der Waals surface area (Å²) in [6, 6.07) is 6.80. The first-order valence-corrected chi connectivity index (χ1v) is 7.39. The van der Waals surface area contributed by atoms with Crippen molar-refractivity contribution < 1.29 is 23.5 Å². The van der Waals surface area contributed by atoms with Crippen LogP contribution >= 0.6 is 11.6 Å². The third-order valence-corrected chi connectivity index (χ3v) is 3.81. The molecular formula is C17H14ClF2NO3. The summed E-state index contributed by atoms with van der Waals surface area (Å²) >= 11 is 5.91. The monoisotopic (exact) mass is 353 g/mol. The lowest BCUT2D eigenvalue weighted by atomic mass is 9.95. The second-order valence-electron chi connectivity index (χ2n) is 5.26. The average Bonchev–Trinajstić information content (AvgIpc) is 2.49. The Balaban J connectivity index is 2.22. The maximum atomic E-state index is 13.7. The van der Waals surface area contributed by atoms with E-state index >= 15 is 0 Å². The van der Waals surface area contributed by atoms with Crippen molar-refractivity contribution in [3.63, 3.8) is 0 Å². The Bertz CT molecular complexity index is 795. The van der Waals surface area contributed by atoms with Gasteiger partial charge in [-0.25, -0.2) is 8.78 Å². The Kier molecular flexibility index (Phi) is 5.51. The van der Waals surface area contributed by atoms with Crippen LogP contribution in [0.25, 0.3) is 0 Å². The molecule has 2 N–H and O–H groups in total. The summed E-state index contributed by atoms with van der Waals surface area (Å²) in [4.78, 5) is 24.1. The van der Waals surface area contributed by atoms with Gasteiger partial charge in [-0.15, -0.1) is 0 Å². The summed E-state index contributed by atoms with van der Waals surface area (Å²) in [7, 11) is 0. The number of carbonyl (C=O) groups is 2. The molecule has 0 fully saturated rings. The highest BCUT2D eigenvalue weighted by Crippen LogP contribution is 2.24. The fourth-order valence-electron chi connectivity index (χ4n) is 2.16. The minimum absolute atomic E-state index is 0.0548. The number of amides is 1. The quantitative estimate of drug-likeness (QED) is 0.805. The number of phenols is 1. The molecular weight excluding hydrogens is 340 g/mol. The van der Waals surface area contributed by atoms with Gasteiger partial charge in [0.2, 0.25) is 5.91 Å². The van der Waals surface area contributed by atoms with E-state index in [4.69, 9.17) is 11.6 Å². The SMILES string of the molecule is CC(=O)C(Cc1ccc(F)cc1Cl)C(=O)Nc1cc(O)ccc1F. The van der Waals surface area contributed by atoms with Gasteiger partial charge in [0.1, 0.15) is 29.1 Å². The Morgan fingerprint density at radius 3 is 2.54 bits per heavy atom. The minimum atomic E-state index is -1.13. The fourth-order valence-corrected chi connectivity index (χ4v) is 2.40. The van der Waals surface area contributed by atoms with Crippen molar-refractivity contribution in [2.24, 2.45) is 5.92 Å². The van der Waals surface area contributed by atoms with Gasteiger partial charge in [-0.3, -0.25) is 9.59 Å². The van der Waals surface area contributed by atoms with Gasteiger partial charge in [-0.1, -0.05) is 17.7 Å². The Morgan fingerprint density at radius 2 is 1.92 bits per heavy atom. The molecule has 0 radical (unpaired) electrons. The lowest BCUT2D eigenvalue weighted by Crippen LogP contribution is -2.30. The first-order chi connectivity index (χ1) is 11.3. The number of ketones is 1. The summed E-state index contributed by atoms with van der Waals surface area (Å²) in [5.41, 5.74) is 0.182. The number of Topliss-reactive ketones (excluding diaryl/α,β-unsaturated/α-hetero) is 1. The molecule has 0 aliphatic carbocycles. The van der Waals surface area contributed by atoms with E-state index in [1.807, 2.05) is 0 Å². The smallest absolute Gasteiger partial charge is 0.235 e. The summed E-state index contributed by atoms with van der Waals surface area (Å²) < 4.78 is 26.7. The highest BCUT2D eigenvalue weighted by molar-refractivity contribution is 6.31. The Hall–Kier alpha value is -2.47. The zero-order valence-corrected chi connectivity index (χ0v) is 13.4. The van der Waals surface area contributed by atoms with Crippen LogP contribution in [0.4, 0.5) is 14.5 Å². The van der Waals surface area contributed by atoms with Crippen molar-refractivity contribution in [2.45, 2.75) is 13.3 Å². The number of halogens is 3. The number of hydrogen-bond donors (Lipinski definition) is 2. The van der Waals surface area contributed by atoms with Crippen LogP contribution in [-0.2, 0) is 16.0 Å². The predicted octanol–water partition coefficient (Wildman–Crippen LogP) is 3.71. The molecule has 2 aromatic rings. The molecule has 0 aliphatic heterocycles. The van der Waals surface area contributed by atoms with E-state index in [0.717, 1.165) is 24.3 Å². The van der Waals surface area contributed by atoms with Crippen molar-refractivity contribution >= 4 is 29.0 Å². The van der Waals surface area contributed by atoms with E-state index < -0.39 is 29.2 Å². The lowest BCUT2D eigenvalue weighted by Gasteiger charge is -2.15.